The van der Waals surface area contributed by atoms with Crippen molar-refractivity contribution in [3.05, 3.63) is 35.4 Å². The van der Waals surface area contributed by atoms with Crippen LogP contribution in [0.3, 0.4) is 0 Å². The summed E-state index contributed by atoms with van der Waals surface area (Å²) in [5.41, 5.74) is 1.26. The molecule has 1 aromatic rings. The molecule has 0 radical (unpaired) electrons. The van der Waals surface area contributed by atoms with Gasteiger partial charge in [-0.05, 0) is 43.5 Å². The Morgan fingerprint density at radius 1 is 1.48 bits per heavy atom. The highest BCUT2D eigenvalue weighted by Gasteiger charge is 2.31. The molecule has 23 heavy (non-hydrogen) atoms. The number of ether oxygens (including phenoxy) is 1. The van der Waals surface area contributed by atoms with Crippen LogP contribution in [0.15, 0.2) is 24.3 Å². The van der Waals surface area contributed by atoms with Gasteiger partial charge in [-0.15, -0.1) is 0 Å². The Morgan fingerprint density at radius 2 is 2.22 bits per heavy atom. The van der Waals surface area contributed by atoms with Gasteiger partial charge in [-0.25, -0.2) is 4.79 Å². The highest BCUT2D eigenvalue weighted by atomic mass is 16.5. The van der Waals surface area contributed by atoms with E-state index in [9.17, 15) is 9.90 Å². The Kier molecular flexibility index (Phi) is 6.14. The molecule has 1 saturated carbocycles. The molecule has 1 aromatic carbocycles. The van der Waals surface area contributed by atoms with Crippen LogP contribution in [0, 0.1) is 17.2 Å². The molecule has 0 spiro atoms. The minimum atomic E-state index is -0.567. The average Bonchev–Trinajstić information content (AvgIpc) is 2.57. The summed E-state index contributed by atoms with van der Waals surface area (Å²) in [6.07, 6.45) is 3.66. The van der Waals surface area contributed by atoms with Gasteiger partial charge >= 0.3 is 5.97 Å². The zero-order chi connectivity index (χ0) is 16.8. The molecule has 0 amide bonds. The second-order valence-electron chi connectivity index (χ2n) is 6.21. The van der Waals surface area contributed by atoms with Crippen LogP contribution < -0.4 is 0 Å². The van der Waals surface area contributed by atoms with Crippen molar-refractivity contribution < 1.29 is 14.6 Å². The fourth-order valence-electron chi connectivity index (χ4n) is 3.34. The minimum Gasteiger partial charge on any atom is -0.468 e. The number of nitriles is 1. The number of hydrogen-bond donors (Lipinski definition) is 1. The van der Waals surface area contributed by atoms with Crippen molar-refractivity contribution in [3.63, 3.8) is 0 Å². The van der Waals surface area contributed by atoms with E-state index in [0.717, 1.165) is 31.2 Å². The third-order valence-electron chi connectivity index (χ3n) is 4.59. The molecule has 0 bridgehead atoms. The first-order valence-corrected chi connectivity index (χ1v) is 8.03. The van der Waals surface area contributed by atoms with Gasteiger partial charge in [0.05, 0.1) is 24.8 Å². The van der Waals surface area contributed by atoms with Crippen LogP contribution in [0.5, 0.6) is 0 Å². The first-order chi connectivity index (χ1) is 11.1. The van der Waals surface area contributed by atoms with E-state index in [1.165, 1.54) is 7.11 Å². The molecule has 0 saturated heterocycles. The molecular formula is C18H24N2O3. The maximum absolute atomic E-state index is 12.3. The second-order valence-corrected chi connectivity index (χ2v) is 6.21. The SMILES string of the molecule is COC(=O)C(c1cccc(C#N)c1)N(C)CC1CCCCC1O. The maximum Gasteiger partial charge on any atom is 0.327 e. The molecule has 0 aliphatic heterocycles. The number of methoxy groups -OCH3 is 1. The van der Waals surface area contributed by atoms with E-state index in [2.05, 4.69) is 6.07 Å². The predicted octanol–water partition coefficient (Wildman–Crippen LogP) is 2.26. The number of benzene rings is 1. The molecule has 3 unspecified atom stereocenters. The van der Waals surface area contributed by atoms with E-state index in [-0.39, 0.29) is 18.0 Å². The number of hydrogen-bond acceptors (Lipinski definition) is 5. The Hall–Kier alpha value is -1.90. The van der Waals surface area contributed by atoms with E-state index in [4.69, 9.17) is 10.00 Å². The van der Waals surface area contributed by atoms with Gasteiger partial charge in [0.2, 0.25) is 0 Å². The normalized spacial score (nSPS) is 22.4. The van der Waals surface area contributed by atoms with Crippen LogP contribution in [0.2, 0.25) is 0 Å². The molecule has 1 aliphatic carbocycles. The number of aliphatic hydroxyl groups excluding tert-OH is 1. The lowest BCUT2D eigenvalue weighted by Crippen LogP contribution is -2.39. The number of nitrogens with zero attached hydrogens (tertiary/aromatic N) is 2. The Balaban J connectivity index is 2.20. The maximum atomic E-state index is 12.3. The van der Waals surface area contributed by atoms with E-state index in [0.29, 0.717) is 12.1 Å². The van der Waals surface area contributed by atoms with Crippen LogP contribution in [0.25, 0.3) is 0 Å². The van der Waals surface area contributed by atoms with E-state index in [1.807, 2.05) is 18.0 Å². The fraction of sp³-hybridized carbons (Fsp3) is 0.556. The third kappa shape index (κ3) is 4.31. The van der Waals surface area contributed by atoms with Gasteiger partial charge in [0.15, 0.2) is 0 Å². The summed E-state index contributed by atoms with van der Waals surface area (Å²) in [6.45, 7) is 0.623. The fourth-order valence-corrected chi connectivity index (χ4v) is 3.34. The standard InChI is InChI=1S/C18H24N2O3/c1-20(12-15-7-3-4-9-16(15)21)17(18(22)23-2)14-8-5-6-13(10-14)11-19/h5-6,8,10,15-17,21H,3-4,7,9,12H2,1-2H3. The number of carbonyl (C=O) groups is 1. The summed E-state index contributed by atoms with van der Waals surface area (Å²) in [5.74, 6) is -0.187. The Labute approximate surface area is 137 Å². The van der Waals surface area contributed by atoms with Crippen LogP contribution in [0.1, 0.15) is 42.9 Å². The number of aliphatic hydroxyl groups is 1. The van der Waals surface area contributed by atoms with Crippen LogP contribution in [-0.2, 0) is 9.53 Å². The largest absolute Gasteiger partial charge is 0.468 e. The van der Waals surface area contributed by atoms with E-state index < -0.39 is 6.04 Å². The average molecular weight is 316 g/mol. The number of esters is 1. The van der Waals surface area contributed by atoms with Crippen molar-refractivity contribution in [3.8, 4) is 6.07 Å². The molecule has 5 heteroatoms. The van der Waals surface area contributed by atoms with Gasteiger partial charge in [-0.3, -0.25) is 4.90 Å². The Morgan fingerprint density at radius 3 is 2.87 bits per heavy atom. The molecular weight excluding hydrogens is 292 g/mol. The summed E-state index contributed by atoms with van der Waals surface area (Å²) >= 11 is 0. The lowest BCUT2D eigenvalue weighted by atomic mass is 9.86. The summed E-state index contributed by atoms with van der Waals surface area (Å²) in [7, 11) is 3.23. The van der Waals surface area contributed by atoms with Crippen LogP contribution in [-0.4, -0.2) is 42.8 Å². The molecule has 0 aromatic heterocycles. The van der Waals surface area contributed by atoms with Gasteiger partial charge < -0.3 is 9.84 Å². The monoisotopic (exact) mass is 316 g/mol. The van der Waals surface area contributed by atoms with Crippen LogP contribution >= 0.6 is 0 Å². The van der Waals surface area contributed by atoms with Gasteiger partial charge in [0, 0.05) is 6.54 Å². The van der Waals surface area contributed by atoms with Gasteiger partial charge in [0.25, 0.3) is 0 Å². The zero-order valence-corrected chi connectivity index (χ0v) is 13.7. The Bertz CT molecular complexity index is 582. The van der Waals surface area contributed by atoms with Crippen molar-refractivity contribution in [2.75, 3.05) is 20.7 Å². The van der Waals surface area contributed by atoms with Crippen molar-refractivity contribution in [2.45, 2.75) is 37.8 Å². The first-order valence-electron chi connectivity index (χ1n) is 8.03. The molecule has 1 N–H and O–H groups in total. The lowest BCUT2D eigenvalue weighted by Gasteiger charge is -2.34. The molecule has 1 fully saturated rings. The lowest BCUT2D eigenvalue weighted by molar-refractivity contribution is -0.147. The number of likely N-dealkylation sites (N-methyl/N-ethyl adjacent to an activating group) is 1. The number of rotatable bonds is 5. The van der Waals surface area contributed by atoms with Gasteiger partial charge in [-0.1, -0.05) is 25.0 Å². The van der Waals surface area contributed by atoms with Crippen molar-refractivity contribution in [1.82, 2.24) is 4.90 Å². The van der Waals surface area contributed by atoms with Crippen molar-refractivity contribution in [1.29, 1.82) is 5.26 Å². The quantitative estimate of drug-likeness (QED) is 0.844. The molecule has 5 nitrogen and oxygen atoms in total. The highest BCUT2D eigenvalue weighted by molar-refractivity contribution is 5.77. The summed E-state index contributed by atoms with van der Waals surface area (Å²) < 4.78 is 4.95. The first kappa shape index (κ1) is 17.5. The summed E-state index contributed by atoms with van der Waals surface area (Å²) in [6, 6.07) is 8.56. The molecule has 2 rings (SSSR count). The summed E-state index contributed by atoms with van der Waals surface area (Å²) in [4.78, 5) is 14.2. The third-order valence-corrected chi connectivity index (χ3v) is 4.59. The van der Waals surface area contributed by atoms with Crippen molar-refractivity contribution >= 4 is 5.97 Å². The van der Waals surface area contributed by atoms with Crippen LogP contribution in [0.4, 0.5) is 0 Å². The zero-order valence-electron chi connectivity index (χ0n) is 13.7. The van der Waals surface area contributed by atoms with Gasteiger partial charge in [-0.2, -0.15) is 5.26 Å². The van der Waals surface area contributed by atoms with E-state index in [1.54, 1.807) is 18.2 Å². The topological polar surface area (TPSA) is 73.6 Å². The second kappa shape index (κ2) is 8.09. The van der Waals surface area contributed by atoms with Gasteiger partial charge in [0.1, 0.15) is 6.04 Å². The van der Waals surface area contributed by atoms with Crippen molar-refractivity contribution in [2.24, 2.45) is 5.92 Å². The number of carbonyl (C=O) groups excluding carboxylic acids is 1. The molecule has 124 valence electrons. The highest BCUT2D eigenvalue weighted by Crippen LogP contribution is 2.29. The molecule has 0 heterocycles. The predicted molar refractivity (Wildman–Crippen MR) is 86.5 cm³/mol. The minimum absolute atomic E-state index is 0.167. The molecule has 1 aliphatic rings. The smallest absolute Gasteiger partial charge is 0.327 e. The summed E-state index contributed by atoms with van der Waals surface area (Å²) in [5, 5.41) is 19.2. The van der Waals surface area contributed by atoms with E-state index >= 15 is 0 Å². The molecule has 3 atom stereocenters.